The molecule has 3 unspecified atom stereocenters. The van der Waals surface area contributed by atoms with Crippen LogP contribution in [0.4, 0.5) is 0 Å². The van der Waals surface area contributed by atoms with Gasteiger partial charge >= 0.3 is 5.97 Å². The van der Waals surface area contributed by atoms with Crippen LogP contribution >= 0.6 is 0 Å². The molecule has 1 saturated heterocycles. The first kappa shape index (κ1) is 8.53. The number of hydrogen-bond acceptors (Lipinski definition) is 2. The van der Waals surface area contributed by atoms with Crippen molar-refractivity contribution in [2.75, 3.05) is 0 Å². The molecule has 0 radical (unpaired) electrons. The van der Waals surface area contributed by atoms with E-state index in [0.717, 1.165) is 6.42 Å². The standard InChI is InChI=1S/C8H14O3/c1-4-5(2)8(3)6(11-8)7(9)10/h5-6H,4H2,1-3H3,(H,9,10). The van der Waals surface area contributed by atoms with E-state index < -0.39 is 17.7 Å². The first-order valence-corrected chi connectivity index (χ1v) is 3.93. The molecule has 3 heteroatoms. The van der Waals surface area contributed by atoms with Crippen LogP contribution in [-0.4, -0.2) is 22.8 Å². The highest BCUT2D eigenvalue weighted by atomic mass is 16.6. The van der Waals surface area contributed by atoms with Gasteiger partial charge in [0.25, 0.3) is 0 Å². The molecule has 0 aromatic heterocycles. The predicted octanol–water partition coefficient (Wildman–Crippen LogP) is 1.27. The minimum absolute atomic E-state index is 0.323. The molecule has 1 heterocycles. The molecule has 0 saturated carbocycles. The average Bonchev–Trinajstić information content (AvgIpc) is 2.62. The van der Waals surface area contributed by atoms with Crippen molar-refractivity contribution in [3.05, 3.63) is 0 Å². The molecule has 1 fully saturated rings. The van der Waals surface area contributed by atoms with E-state index in [2.05, 4.69) is 0 Å². The number of ether oxygens (including phenoxy) is 1. The fourth-order valence-electron chi connectivity index (χ4n) is 1.30. The van der Waals surface area contributed by atoms with Gasteiger partial charge in [0.15, 0.2) is 6.10 Å². The molecule has 1 aliphatic heterocycles. The van der Waals surface area contributed by atoms with Gasteiger partial charge in [-0.15, -0.1) is 0 Å². The summed E-state index contributed by atoms with van der Waals surface area (Å²) in [4.78, 5) is 10.5. The smallest absolute Gasteiger partial charge is 0.335 e. The Labute approximate surface area is 66.4 Å². The zero-order chi connectivity index (χ0) is 8.65. The molecule has 0 aromatic rings. The van der Waals surface area contributed by atoms with Crippen LogP contribution in [0.1, 0.15) is 27.2 Å². The van der Waals surface area contributed by atoms with Crippen molar-refractivity contribution in [3.8, 4) is 0 Å². The Morgan fingerprint density at radius 1 is 1.82 bits per heavy atom. The summed E-state index contributed by atoms with van der Waals surface area (Å²) >= 11 is 0. The van der Waals surface area contributed by atoms with Crippen LogP contribution < -0.4 is 0 Å². The fraction of sp³-hybridized carbons (Fsp3) is 0.875. The monoisotopic (exact) mass is 158 g/mol. The number of carbonyl (C=O) groups is 1. The highest BCUT2D eigenvalue weighted by molar-refractivity contribution is 5.77. The van der Waals surface area contributed by atoms with Crippen LogP contribution in [-0.2, 0) is 9.53 Å². The number of epoxide rings is 1. The lowest BCUT2D eigenvalue weighted by molar-refractivity contribution is -0.138. The van der Waals surface area contributed by atoms with E-state index in [0.29, 0.717) is 5.92 Å². The summed E-state index contributed by atoms with van der Waals surface area (Å²) < 4.78 is 5.12. The topological polar surface area (TPSA) is 49.8 Å². The summed E-state index contributed by atoms with van der Waals surface area (Å²) in [6.45, 7) is 5.92. The van der Waals surface area contributed by atoms with E-state index in [9.17, 15) is 4.79 Å². The maximum absolute atomic E-state index is 10.5. The Morgan fingerprint density at radius 2 is 2.36 bits per heavy atom. The predicted molar refractivity (Wildman–Crippen MR) is 40.4 cm³/mol. The first-order chi connectivity index (χ1) is 5.02. The number of aliphatic carboxylic acids is 1. The second kappa shape index (κ2) is 2.48. The minimum Gasteiger partial charge on any atom is -0.479 e. The Morgan fingerprint density at radius 3 is 2.64 bits per heavy atom. The molecule has 64 valence electrons. The van der Waals surface area contributed by atoms with Gasteiger partial charge in [-0.3, -0.25) is 0 Å². The van der Waals surface area contributed by atoms with Gasteiger partial charge in [-0.1, -0.05) is 20.3 Å². The highest BCUT2D eigenvalue weighted by Gasteiger charge is 2.59. The number of carboxylic acid groups (broad SMARTS) is 1. The normalized spacial score (nSPS) is 38.3. The molecule has 11 heavy (non-hydrogen) atoms. The minimum atomic E-state index is -0.840. The summed E-state index contributed by atoms with van der Waals surface area (Å²) in [6.07, 6.45) is 0.387. The zero-order valence-corrected chi connectivity index (χ0v) is 7.13. The van der Waals surface area contributed by atoms with Crippen LogP contribution in [0.15, 0.2) is 0 Å². The third kappa shape index (κ3) is 1.25. The van der Waals surface area contributed by atoms with E-state index in [1.165, 1.54) is 0 Å². The van der Waals surface area contributed by atoms with Crippen molar-refractivity contribution in [1.82, 2.24) is 0 Å². The van der Waals surface area contributed by atoms with E-state index in [1.54, 1.807) is 0 Å². The molecular formula is C8H14O3. The maximum Gasteiger partial charge on any atom is 0.335 e. The molecular weight excluding hydrogens is 144 g/mol. The number of rotatable bonds is 3. The van der Waals surface area contributed by atoms with Gasteiger partial charge in [-0.2, -0.15) is 0 Å². The molecule has 3 nitrogen and oxygen atoms in total. The van der Waals surface area contributed by atoms with Crippen molar-refractivity contribution in [3.63, 3.8) is 0 Å². The SMILES string of the molecule is CCC(C)C1(C)OC1C(=O)O. The van der Waals surface area contributed by atoms with Crippen molar-refractivity contribution in [2.45, 2.75) is 38.9 Å². The molecule has 3 atom stereocenters. The van der Waals surface area contributed by atoms with Crippen LogP contribution in [0.5, 0.6) is 0 Å². The molecule has 0 bridgehead atoms. The average molecular weight is 158 g/mol. The summed E-state index contributed by atoms with van der Waals surface area (Å²) in [6, 6.07) is 0. The van der Waals surface area contributed by atoms with E-state index >= 15 is 0 Å². The van der Waals surface area contributed by atoms with Crippen molar-refractivity contribution < 1.29 is 14.6 Å². The third-order valence-corrected chi connectivity index (χ3v) is 2.65. The van der Waals surface area contributed by atoms with Gasteiger partial charge in [0.05, 0.1) is 0 Å². The van der Waals surface area contributed by atoms with E-state index in [1.807, 2.05) is 20.8 Å². The largest absolute Gasteiger partial charge is 0.479 e. The van der Waals surface area contributed by atoms with Gasteiger partial charge < -0.3 is 9.84 Å². The molecule has 1 rings (SSSR count). The lowest BCUT2D eigenvalue weighted by Crippen LogP contribution is -2.24. The Balaban J connectivity index is 2.55. The van der Waals surface area contributed by atoms with Crippen molar-refractivity contribution >= 4 is 5.97 Å². The van der Waals surface area contributed by atoms with Gasteiger partial charge in [-0.25, -0.2) is 4.79 Å². The molecule has 0 amide bonds. The molecule has 0 spiro atoms. The Bertz CT molecular complexity index is 178. The summed E-state index contributed by atoms with van der Waals surface area (Å²) in [5.41, 5.74) is -0.402. The van der Waals surface area contributed by atoms with E-state index in [-0.39, 0.29) is 0 Å². The van der Waals surface area contributed by atoms with Crippen LogP contribution in [0.2, 0.25) is 0 Å². The number of hydrogen-bond donors (Lipinski definition) is 1. The lowest BCUT2D eigenvalue weighted by atomic mass is 9.90. The Hall–Kier alpha value is -0.570. The lowest BCUT2D eigenvalue weighted by Gasteiger charge is -2.12. The van der Waals surface area contributed by atoms with Gasteiger partial charge in [0.1, 0.15) is 5.60 Å². The Kier molecular flexibility index (Phi) is 1.92. The van der Waals surface area contributed by atoms with Gasteiger partial charge in [-0.05, 0) is 12.8 Å². The van der Waals surface area contributed by atoms with Crippen LogP contribution in [0.3, 0.4) is 0 Å². The second-order valence-electron chi connectivity index (χ2n) is 3.33. The fourth-order valence-corrected chi connectivity index (χ4v) is 1.30. The zero-order valence-electron chi connectivity index (χ0n) is 7.13. The second-order valence-corrected chi connectivity index (χ2v) is 3.33. The number of carboxylic acids is 1. The quantitative estimate of drug-likeness (QED) is 0.629. The molecule has 1 aliphatic rings. The maximum atomic E-state index is 10.5. The highest BCUT2D eigenvalue weighted by Crippen LogP contribution is 2.43. The third-order valence-electron chi connectivity index (χ3n) is 2.65. The van der Waals surface area contributed by atoms with Crippen LogP contribution in [0.25, 0.3) is 0 Å². The molecule has 0 aromatic carbocycles. The summed E-state index contributed by atoms with van der Waals surface area (Å²) in [5.74, 6) is -0.517. The van der Waals surface area contributed by atoms with Gasteiger partial charge in [0, 0.05) is 0 Å². The van der Waals surface area contributed by atoms with Crippen molar-refractivity contribution in [1.29, 1.82) is 0 Å². The van der Waals surface area contributed by atoms with Gasteiger partial charge in [0.2, 0.25) is 0 Å². The van der Waals surface area contributed by atoms with Crippen molar-refractivity contribution in [2.24, 2.45) is 5.92 Å². The molecule has 0 aliphatic carbocycles. The molecule has 1 N–H and O–H groups in total. The van der Waals surface area contributed by atoms with E-state index in [4.69, 9.17) is 9.84 Å². The first-order valence-electron chi connectivity index (χ1n) is 3.93. The summed E-state index contributed by atoms with van der Waals surface area (Å²) in [5, 5.41) is 8.61. The summed E-state index contributed by atoms with van der Waals surface area (Å²) in [7, 11) is 0. The van der Waals surface area contributed by atoms with Crippen LogP contribution in [0, 0.1) is 5.92 Å².